The molecule has 31 heavy (non-hydrogen) atoms. The highest BCUT2D eigenvalue weighted by Gasteiger charge is 2.58. The molecule has 2 fully saturated rings. The first-order chi connectivity index (χ1) is 14.6. The number of halogens is 5. The fourth-order valence-corrected chi connectivity index (χ4v) is 5.28. The summed E-state index contributed by atoms with van der Waals surface area (Å²) in [5.41, 5.74) is -1.17. The molecular weight excluding hydrogens is 415 g/mol. The lowest BCUT2D eigenvalue weighted by Gasteiger charge is -2.37. The molecule has 1 aromatic rings. The Labute approximate surface area is 180 Å². The van der Waals surface area contributed by atoms with Crippen molar-refractivity contribution in [2.75, 3.05) is 0 Å². The lowest BCUT2D eigenvalue weighted by molar-refractivity contribution is -0.289. The van der Waals surface area contributed by atoms with E-state index in [1.54, 1.807) is 0 Å². The molecule has 0 bridgehead atoms. The Hall–Kier alpha value is -1.66. The smallest absolute Gasteiger partial charge is 0.426 e. The molecule has 3 rings (SSSR count). The van der Waals surface area contributed by atoms with E-state index in [4.69, 9.17) is 4.74 Å². The molecule has 0 N–H and O–H groups in total. The molecule has 2 aliphatic rings. The highest BCUT2D eigenvalue weighted by atomic mass is 19.4. The summed E-state index contributed by atoms with van der Waals surface area (Å²) >= 11 is 0. The topological polar surface area (TPSA) is 26.3 Å². The van der Waals surface area contributed by atoms with Gasteiger partial charge in [0.05, 0.1) is 5.92 Å². The van der Waals surface area contributed by atoms with Crippen LogP contribution in [0.1, 0.15) is 76.7 Å². The third kappa shape index (κ3) is 5.78. The molecule has 0 spiro atoms. The van der Waals surface area contributed by atoms with Crippen LogP contribution in [-0.4, -0.2) is 12.1 Å². The van der Waals surface area contributed by atoms with Gasteiger partial charge in [-0.2, -0.15) is 22.0 Å². The van der Waals surface area contributed by atoms with Crippen LogP contribution in [0.3, 0.4) is 0 Å². The van der Waals surface area contributed by atoms with Crippen molar-refractivity contribution in [1.29, 1.82) is 0 Å². The van der Waals surface area contributed by atoms with Gasteiger partial charge in [0.15, 0.2) is 0 Å². The largest absolute Gasteiger partial charge is 0.458 e. The average Bonchev–Trinajstić information content (AvgIpc) is 2.74. The predicted molar refractivity (Wildman–Crippen MR) is 108 cm³/mol. The van der Waals surface area contributed by atoms with Gasteiger partial charge in [-0.05, 0) is 80.5 Å². The zero-order valence-corrected chi connectivity index (χ0v) is 17.9. The minimum atomic E-state index is -5.67. The molecule has 0 atom stereocenters. The highest BCUT2D eigenvalue weighted by Crippen LogP contribution is 2.45. The molecule has 0 radical (unpaired) electrons. The van der Waals surface area contributed by atoms with Gasteiger partial charge in [0.1, 0.15) is 5.75 Å². The number of hydrogen-bond donors (Lipinski definition) is 0. The molecule has 0 amide bonds. The molecule has 0 aromatic heterocycles. The molecule has 2 aliphatic carbocycles. The van der Waals surface area contributed by atoms with Crippen LogP contribution in [0.25, 0.3) is 0 Å². The summed E-state index contributed by atoms with van der Waals surface area (Å²) in [7, 11) is 0. The average molecular weight is 447 g/mol. The molecule has 174 valence electrons. The minimum Gasteiger partial charge on any atom is -0.426 e. The summed E-state index contributed by atoms with van der Waals surface area (Å²) in [6, 6.07) is 3.30. The number of alkyl halides is 5. The number of carbonyl (C=O) groups is 1. The van der Waals surface area contributed by atoms with Crippen molar-refractivity contribution < 1.29 is 31.5 Å². The van der Waals surface area contributed by atoms with Crippen LogP contribution in [0, 0.1) is 23.7 Å². The number of rotatable bonds is 6. The third-order valence-electron chi connectivity index (χ3n) is 7.15. The normalized spacial score (nSPS) is 27.7. The zero-order chi connectivity index (χ0) is 22.6. The predicted octanol–water partition coefficient (Wildman–Crippen LogP) is 7.66. The second-order valence-corrected chi connectivity index (χ2v) is 9.20. The number of ether oxygens (including phenoxy) is 1. The van der Waals surface area contributed by atoms with E-state index in [-0.39, 0.29) is 11.7 Å². The molecular formula is C24H31F5O2. The summed E-state index contributed by atoms with van der Waals surface area (Å²) < 4.78 is 69.4. The standard InChI is InChI=1S/C24H31F5O2/c1-2-3-16-4-6-17(7-5-16)18-8-10-19(11-9-18)22(30)31-21-14-12-20(13-15-21)23(25,26)24(27,28)29/h12-19H,2-11H2,1H3. The van der Waals surface area contributed by atoms with Crippen molar-refractivity contribution in [3.8, 4) is 5.75 Å². The summed E-state index contributed by atoms with van der Waals surface area (Å²) in [4.78, 5) is 12.5. The van der Waals surface area contributed by atoms with Gasteiger partial charge in [-0.1, -0.05) is 32.6 Å². The van der Waals surface area contributed by atoms with Crippen LogP contribution in [0.15, 0.2) is 24.3 Å². The molecule has 1 aromatic carbocycles. The van der Waals surface area contributed by atoms with E-state index in [1.807, 2.05) is 0 Å². The van der Waals surface area contributed by atoms with Crippen LogP contribution in [0.2, 0.25) is 0 Å². The van der Waals surface area contributed by atoms with Gasteiger partial charge in [0.25, 0.3) is 0 Å². The summed E-state index contributed by atoms with van der Waals surface area (Å²) in [5.74, 6) is -3.37. The number of esters is 1. The number of carbonyl (C=O) groups excluding carboxylic acids is 1. The summed E-state index contributed by atoms with van der Waals surface area (Å²) in [5, 5.41) is 0. The van der Waals surface area contributed by atoms with E-state index in [0.717, 1.165) is 49.7 Å². The fourth-order valence-electron chi connectivity index (χ4n) is 5.28. The van der Waals surface area contributed by atoms with Crippen LogP contribution < -0.4 is 4.74 Å². The van der Waals surface area contributed by atoms with E-state index in [2.05, 4.69) is 6.92 Å². The number of benzene rings is 1. The highest BCUT2D eigenvalue weighted by molar-refractivity contribution is 5.75. The second kappa shape index (κ2) is 9.86. The summed E-state index contributed by atoms with van der Waals surface area (Å²) in [6.07, 6.45) is 5.52. The third-order valence-corrected chi connectivity index (χ3v) is 7.15. The zero-order valence-electron chi connectivity index (χ0n) is 17.9. The van der Waals surface area contributed by atoms with Crippen molar-refractivity contribution in [3.63, 3.8) is 0 Å². The van der Waals surface area contributed by atoms with Crippen molar-refractivity contribution in [1.82, 2.24) is 0 Å². The van der Waals surface area contributed by atoms with Gasteiger partial charge >= 0.3 is 18.1 Å². The molecule has 0 heterocycles. The first kappa shape index (κ1) is 24.0. The van der Waals surface area contributed by atoms with Gasteiger partial charge in [-0.25, -0.2) is 0 Å². The van der Waals surface area contributed by atoms with E-state index in [9.17, 15) is 26.7 Å². The molecule has 0 aliphatic heterocycles. The SMILES string of the molecule is CCCC1CCC(C2CCC(C(=O)Oc3ccc(C(F)(F)C(F)(F)F)cc3)CC2)CC1. The van der Waals surface area contributed by atoms with Crippen LogP contribution in [0.4, 0.5) is 22.0 Å². The lowest BCUT2D eigenvalue weighted by Crippen LogP contribution is -2.33. The molecule has 2 nitrogen and oxygen atoms in total. The fraction of sp³-hybridized carbons (Fsp3) is 0.708. The number of hydrogen-bond acceptors (Lipinski definition) is 2. The van der Waals surface area contributed by atoms with Gasteiger partial charge in [-0.3, -0.25) is 4.79 Å². The van der Waals surface area contributed by atoms with Crippen molar-refractivity contribution in [3.05, 3.63) is 29.8 Å². The van der Waals surface area contributed by atoms with Crippen molar-refractivity contribution >= 4 is 5.97 Å². The van der Waals surface area contributed by atoms with E-state index >= 15 is 0 Å². The molecule has 7 heteroatoms. The molecule has 0 saturated heterocycles. The van der Waals surface area contributed by atoms with E-state index < -0.39 is 23.6 Å². The Balaban J connectivity index is 1.47. The summed E-state index contributed by atoms with van der Waals surface area (Å²) in [6.45, 7) is 2.23. The lowest BCUT2D eigenvalue weighted by atomic mass is 9.69. The monoisotopic (exact) mass is 446 g/mol. The molecule has 2 saturated carbocycles. The Kier molecular flexibility index (Phi) is 7.63. The van der Waals surface area contributed by atoms with Gasteiger partial charge < -0.3 is 4.74 Å². The Morgan fingerprint density at radius 2 is 1.39 bits per heavy atom. The van der Waals surface area contributed by atoms with Crippen LogP contribution in [-0.2, 0) is 10.7 Å². The van der Waals surface area contributed by atoms with E-state index in [1.165, 1.54) is 38.5 Å². The van der Waals surface area contributed by atoms with Crippen molar-refractivity contribution in [2.45, 2.75) is 83.2 Å². The Morgan fingerprint density at radius 1 is 0.871 bits per heavy atom. The molecule has 0 unspecified atom stereocenters. The maximum atomic E-state index is 13.4. The van der Waals surface area contributed by atoms with Crippen LogP contribution >= 0.6 is 0 Å². The Bertz CT molecular complexity index is 712. The Morgan fingerprint density at radius 3 is 1.87 bits per heavy atom. The van der Waals surface area contributed by atoms with Crippen molar-refractivity contribution in [2.24, 2.45) is 23.7 Å². The maximum absolute atomic E-state index is 13.4. The van der Waals surface area contributed by atoms with Gasteiger partial charge in [0.2, 0.25) is 0 Å². The quantitative estimate of drug-likeness (QED) is 0.255. The maximum Gasteiger partial charge on any atom is 0.458 e. The first-order valence-corrected chi connectivity index (χ1v) is 11.4. The minimum absolute atomic E-state index is 0.0110. The van der Waals surface area contributed by atoms with Gasteiger partial charge in [-0.15, -0.1) is 0 Å². The second-order valence-electron chi connectivity index (χ2n) is 9.20. The van der Waals surface area contributed by atoms with Crippen LogP contribution in [0.5, 0.6) is 5.75 Å². The van der Waals surface area contributed by atoms with Gasteiger partial charge in [0, 0.05) is 5.56 Å². The van der Waals surface area contributed by atoms with E-state index in [0.29, 0.717) is 18.1 Å². The first-order valence-electron chi connectivity index (χ1n) is 11.4.